The highest BCUT2D eigenvalue weighted by molar-refractivity contribution is 5.82. The Morgan fingerprint density at radius 3 is 2.52 bits per heavy atom. The van der Waals surface area contributed by atoms with Crippen LogP contribution in [0.3, 0.4) is 0 Å². The number of carbonyl (C=O) groups is 1. The largest absolute Gasteiger partial charge is 0.456 e. The molecule has 1 aromatic rings. The Kier molecular flexibility index (Phi) is 7.61. The molecule has 6 fully saturated rings. The third kappa shape index (κ3) is 4.09. The van der Waals surface area contributed by atoms with Gasteiger partial charge in [0.15, 0.2) is 0 Å². The van der Waals surface area contributed by atoms with Crippen LogP contribution in [0.4, 0.5) is 0 Å². The second-order valence-electron chi connectivity index (χ2n) is 14.3. The molecular weight excluding hydrogens is 588 g/mol. The van der Waals surface area contributed by atoms with Crippen LogP contribution in [0.15, 0.2) is 78.9 Å². The van der Waals surface area contributed by atoms with Gasteiger partial charge in [-0.2, -0.15) is 0 Å². The fourth-order valence-electron chi connectivity index (χ4n) is 9.72. The van der Waals surface area contributed by atoms with Gasteiger partial charge in [0.25, 0.3) is 0 Å². The van der Waals surface area contributed by atoms with E-state index in [4.69, 9.17) is 23.7 Å². The molecule has 9 heteroatoms. The van der Waals surface area contributed by atoms with Crippen LogP contribution in [0.2, 0.25) is 0 Å². The maximum atomic E-state index is 13.2. The van der Waals surface area contributed by atoms with Gasteiger partial charge in [0.1, 0.15) is 41.2 Å². The lowest BCUT2D eigenvalue weighted by Crippen LogP contribution is -2.72. The molecule has 3 saturated heterocycles. The Bertz CT molecular complexity index is 1470. The summed E-state index contributed by atoms with van der Waals surface area (Å²) in [4.78, 5) is 13.2. The number of aliphatic hydroxyl groups is 3. The molecule has 0 spiro atoms. The van der Waals surface area contributed by atoms with Crippen LogP contribution < -0.4 is 0 Å². The molecule has 3 saturated carbocycles. The molecule has 1 unspecified atom stereocenters. The van der Waals surface area contributed by atoms with Crippen molar-refractivity contribution in [3.05, 3.63) is 84.5 Å². The number of hydrogen-bond acceptors (Lipinski definition) is 9. The van der Waals surface area contributed by atoms with E-state index in [-0.39, 0.29) is 11.8 Å². The Morgan fingerprint density at radius 1 is 1.09 bits per heavy atom. The topological polar surface area (TPSA) is 127 Å². The lowest BCUT2D eigenvalue weighted by atomic mass is 9.54. The quantitative estimate of drug-likeness (QED) is 0.120. The lowest BCUT2D eigenvalue weighted by molar-refractivity contribution is -0.443. The number of unbranched alkanes of at least 4 members (excludes halogenated alkanes) is 1. The van der Waals surface area contributed by atoms with Gasteiger partial charge in [0.2, 0.25) is 0 Å². The number of hydrogen-bond donors (Lipinski definition) is 3. The summed E-state index contributed by atoms with van der Waals surface area (Å²) in [5.41, 5.74) is -4.13. The average molecular weight is 635 g/mol. The monoisotopic (exact) mass is 634 g/mol. The van der Waals surface area contributed by atoms with Crippen LogP contribution in [-0.2, 0) is 34.5 Å². The molecule has 3 bridgehead atoms. The first-order chi connectivity index (χ1) is 22.0. The van der Waals surface area contributed by atoms with E-state index in [2.05, 4.69) is 20.4 Å². The number of rotatable bonds is 9. The minimum Gasteiger partial charge on any atom is -0.456 e. The second-order valence-corrected chi connectivity index (χ2v) is 14.3. The molecule has 13 atom stereocenters. The molecule has 3 N–H and O–H groups in total. The van der Waals surface area contributed by atoms with Gasteiger partial charge in [0, 0.05) is 23.5 Å². The number of epoxide rings is 1. The Morgan fingerprint density at radius 2 is 1.83 bits per heavy atom. The van der Waals surface area contributed by atoms with Gasteiger partial charge in [0.05, 0.1) is 12.2 Å². The molecule has 3 aliphatic heterocycles. The number of aliphatic hydroxyl groups excluding tert-OH is 2. The van der Waals surface area contributed by atoms with Crippen molar-refractivity contribution in [3.63, 3.8) is 0 Å². The first kappa shape index (κ1) is 31.9. The van der Waals surface area contributed by atoms with Crippen molar-refractivity contribution in [2.75, 3.05) is 6.61 Å². The van der Waals surface area contributed by atoms with Gasteiger partial charge >= 0.3 is 11.9 Å². The van der Waals surface area contributed by atoms with Crippen molar-refractivity contribution < 1.29 is 43.8 Å². The fourth-order valence-corrected chi connectivity index (χ4v) is 9.72. The Balaban J connectivity index is 1.31. The van der Waals surface area contributed by atoms with E-state index in [9.17, 15) is 20.1 Å². The van der Waals surface area contributed by atoms with Gasteiger partial charge in [-0.15, -0.1) is 0 Å². The van der Waals surface area contributed by atoms with Crippen molar-refractivity contribution in [1.82, 2.24) is 0 Å². The van der Waals surface area contributed by atoms with E-state index >= 15 is 0 Å². The average Bonchev–Trinajstić information content (AvgIpc) is 3.67. The molecule has 1 aromatic carbocycles. The summed E-state index contributed by atoms with van der Waals surface area (Å²) in [7, 11) is 0. The first-order valence-corrected chi connectivity index (χ1v) is 16.7. The molecule has 0 radical (unpaired) electrons. The highest BCUT2D eigenvalue weighted by atomic mass is 16.9. The van der Waals surface area contributed by atoms with Crippen LogP contribution in [0, 0.1) is 23.7 Å². The lowest BCUT2D eigenvalue weighted by Gasteiger charge is -2.60. The summed E-state index contributed by atoms with van der Waals surface area (Å²) < 4.78 is 33.3. The zero-order valence-electron chi connectivity index (χ0n) is 27.0. The van der Waals surface area contributed by atoms with Gasteiger partial charge < -0.3 is 39.0 Å². The van der Waals surface area contributed by atoms with Crippen molar-refractivity contribution in [1.29, 1.82) is 0 Å². The normalized spacial score (nSPS) is 48.4. The third-order valence-electron chi connectivity index (χ3n) is 11.8. The van der Waals surface area contributed by atoms with Crippen LogP contribution in [-0.4, -0.2) is 74.7 Å². The van der Waals surface area contributed by atoms with Gasteiger partial charge in [-0.25, -0.2) is 4.79 Å². The molecular formula is C37H46O9. The maximum Gasteiger partial charge on any atom is 0.331 e. The minimum atomic E-state index is -2.01. The number of fused-ring (bicyclic) bond motifs is 3. The molecule has 9 nitrogen and oxygen atoms in total. The molecule has 0 amide bonds. The summed E-state index contributed by atoms with van der Waals surface area (Å²) in [6.07, 6.45) is 9.39. The summed E-state index contributed by atoms with van der Waals surface area (Å²) in [6.45, 7) is 11.8. The molecule has 46 heavy (non-hydrogen) atoms. The number of ether oxygens (including phenoxy) is 5. The van der Waals surface area contributed by atoms with E-state index in [0.717, 1.165) is 18.4 Å². The summed E-state index contributed by atoms with van der Waals surface area (Å²) in [5.74, 6) is -4.06. The van der Waals surface area contributed by atoms with Crippen LogP contribution in [0.25, 0.3) is 0 Å². The number of esters is 1. The van der Waals surface area contributed by atoms with Crippen molar-refractivity contribution in [2.45, 2.75) is 106 Å². The minimum absolute atomic E-state index is 0.227. The van der Waals surface area contributed by atoms with Crippen LogP contribution >= 0.6 is 0 Å². The van der Waals surface area contributed by atoms with Gasteiger partial charge in [-0.05, 0) is 43.6 Å². The smallest absolute Gasteiger partial charge is 0.331 e. The van der Waals surface area contributed by atoms with Crippen molar-refractivity contribution >= 4 is 5.97 Å². The Labute approximate surface area is 270 Å². The SMILES string of the molecule is C=C(C)[C@]12C[C@@H](C)[C@@]34OC(c5ccccc5)(O[C@@H]1[C@@H]3[C@@H]1O[C@]1(CO)[C@@H](O)[C@@]1(O)[C@H]4C[C@H](C)[C@@H]1OC(=O)/C=C/C=C/C=C/CCC)O2. The van der Waals surface area contributed by atoms with Crippen LogP contribution in [0.1, 0.15) is 58.9 Å². The van der Waals surface area contributed by atoms with Gasteiger partial charge in [-0.1, -0.05) is 94.5 Å². The van der Waals surface area contributed by atoms with Crippen molar-refractivity contribution in [2.24, 2.45) is 23.7 Å². The third-order valence-corrected chi connectivity index (χ3v) is 11.8. The summed E-state index contributed by atoms with van der Waals surface area (Å²) in [5, 5.41) is 36.0. The van der Waals surface area contributed by atoms with E-state index in [1.807, 2.05) is 62.4 Å². The van der Waals surface area contributed by atoms with E-state index < -0.39 is 77.2 Å². The predicted octanol–water partition coefficient (Wildman–Crippen LogP) is 4.22. The Hall–Kier alpha value is -2.63. The number of carbonyl (C=O) groups excluding carboxylic acids is 1. The molecule has 6 aliphatic rings. The standard InChI is InChI=1S/C37H46O9/c1-6-7-8-9-10-11-15-18-27(39)42-29-23(4)19-26-35(29,41)32(40)34(21-38)31(43-34)28-30-33(22(2)3)20-24(5)36(26,28)46-37(44-30,45-33)25-16-13-12-14-17-25/h8-18,23-24,26,28-32,38,40-41H,2,6-7,19-21H2,1,3-5H3/b9-8+,11-10+,18-15+/t23-,24+,26+,28+,29-,30+,31-,32+,33+,34-,35+,36-,37?/m0/s1. The predicted molar refractivity (Wildman–Crippen MR) is 168 cm³/mol. The number of allylic oxidation sites excluding steroid dienone is 5. The zero-order chi connectivity index (χ0) is 32.7. The van der Waals surface area contributed by atoms with Gasteiger partial charge in [-0.3, -0.25) is 0 Å². The fraction of sp³-hybridized carbons (Fsp3) is 0.595. The molecule has 0 aromatic heterocycles. The highest BCUT2D eigenvalue weighted by Gasteiger charge is 2.89. The van der Waals surface area contributed by atoms with Crippen LogP contribution in [0.5, 0.6) is 0 Å². The zero-order valence-corrected chi connectivity index (χ0v) is 27.0. The molecule has 3 heterocycles. The summed E-state index contributed by atoms with van der Waals surface area (Å²) >= 11 is 0. The maximum absolute atomic E-state index is 13.2. The highest BCUT2D eigenvalue weighted by Crippen LogP contribution is 2.75. The van der Waals surface area contributed by atoms with E-state index in [1.54, 1.807) is 12.2 Å². The van der Waals surface area contributed by atoms with E-state index in [0.29, 0.717) is 18.4 Å². The van der Waals surface area contributed by atoms with Crippen molar-refractivity contribution in [3.8, 4) is 0 Å². The molecule has 7 rings (SSSR count). The molecule has 248 valence electrons. The molecule has 3 aliphatic carbocycles. The number of benzene rings is 1. The first-order valence-electron chi connectivity index (χ1n) is 16.7. The summed E-state index contributed by atoms with van der Waals surface area (Å²) in [6, 6.07) is 9.46. The second kappa shape index (κ2) is 11.0. The van der Waals surface area contributed by atoms with E-state index in [1.165, 1.54) is 6.08 Å².